The average Bonchev–Trinajstić information content (AvgIpc) is 2.55. The number of para-hydroxylation sites is 1. The molecule has 6 heteroatoms. The number of likely N-dealkylation sites (N-methyl/N-ethyl adjacent to an activating group) is 1. The third-order valence-electron chi connectivity index (χ3n) is 3.31. The molecule has 0 bridgehead atoms. The van der Waals surface area contributed by atoms with Crippen LogP contribution in [0.1, 0.15) is 5.56 Å². The van der Waals surface area contributed by atoms with Gasteiger partial charge in [0.2, 0.25) is 0 Å². The summed E-state index contributed by atoms with van der Waals surface area (Å²) >= 11 is 0. The van der Waals surface area contributed by atoms with Crippen LogP contribution in [0.5, 0.6) is 11.5 Å². The molecule has 0 saturated heterocycles. The van der Waals surface area contributed by atoms with Crippen LogP contribution < -0.4 is 9.47 Å². The van der Waals surface area contributed by atoms with Gasteiger partial charge >= 0.3 is 6.61 Å². The van der Waals surface area contributed by atoms with Gasteiger partial charge in [0.15, 0.2) is 0 Å². The van der Waals surface area contributed by atoms with Crippen molar-refractivity contribution in [2.45, 2.75) is 19.3 Å². The van der Waals surface area contributed by atoms with E-state index >= 15 is 0 Å². The van der Waals surface area contributed by atoms with Crippen molar-refractivity contribution >= 4 is 0 Å². The lowest BCUT2D eigenvalue weighted by molar-refractivity contribution is -0.0498. The smallest absolute Gasteiger partial charge is 0.387 e. The minimum atomic E-state index is -2.82. The van der Waals surface area contributed by atoms with Gasteiger partial charge in [0.05, 0.1) is 0 Å². The van der Waals surface area contributed by atoms with E-state index in [1.54, 1.807) is 12.1 Å². The third kappa shape index (κ3) is 6.52. The van der Waals surface area contributed by atoms with E-state index in [2.05, 4.69) is 4.74 Å². The SMILES string of the molecule is CN(Cc1ccc(OC(F)F)cc1)CC(O)COc1ccccc1. The summed E-state index contributed by atoms with van der Waals surface area (Å²) in [4.78, 5) is 1.93. The fourth-order valence-corrected chi connectivity index (χ4v) is 2.27. The number of aliphatic hydroxyl groups is 1. The van der Waals surface area contributed by atoms with Crippen LogP contribution in [0.2, 0.25) is 0 Å². The van der Waals surface area contributed by atoms with Crippen molar-refractivity contribution in [1.29, 1.82) is 0 Å². The second-order valence-corrected chi connectivity index (χ2v) is 5.50. The first kappa shape index (κ1) is 18.2. The Morgan fingerprint density at radius 2 is 1.67 bits per heavy atom. The van der Waals surface area contributed by atoms with Gasteiger partial charge in [-0.2, -0.15) is 8.78 Å². The second-order valence-electron chi connectivity index (χ2n) is 5.50. The lowest BCUT2D eigenvalue weighted by Gasteiger charge is -2.21. The number of hydrogen-bond acceptors (Lipinski definition) is 4. The van der Waals surface area contributed by atoms with Crippen molar-refractivity contribution in [3.8, 4) is 11.5 Å². The Kier molecular flexibility index (Phi) is 6.96. The largest absolute Gasteiger partial charge is 0.491 e. The zero-order chi connectivity index (χ0) is 17.4. The highest BCUT2D eigenvalue weighted by Gasteiger charge is 2.10. The summed E-state index contributed by atoms with van der Waals surface area (Å²) in [5, 5.41) is 10.0. The monoisotopic (exact) mass is 337 g/mol. The van der Waals surface area contributed by atoms with Crippen LogP contribution in [0.25, 0.3) is 0 Å². The number of halogens is 2. The summed E-state index contributed by atoms with van der Waals surface area (Å²) in [5.41, 5.74) is 0.940. The summed E-state index contributed by atoms with van der Waals surface area (Å²) in [6.07, 6.45) is -0.628. The van der Waals surface area contributed by atoms with Crippen LogP contribution in [0.4, 0.5) is 8.78 Å². The molecule has 0 heterocycles. The molecule has 1 N–H and O–H groups in total. The second kappa shape index (κ2) is 9.20. The molecule has 0 aliphatic heterocycles. The van der Waals surface area contributed by atoms with Crippen LogP contribution in [0.15, 0.2) is 54.6 Å². The van der Waals surface area contributed by atoms with Crippen LogP contribution in [-0.2, 0) is 6.54 Å². The summed E-state index contributed by atoms with van der Waals surface area (Å²) in [7, 11) is 1.87. The first-order chi connectivity index (χ1) is 11.5. The highest BCUT2D eigenvalue weighted by atomic mass is 19.3. The maximum Gasteiger partial charge on any atom is 0.387 e. The molecule has 0 radical (unpaired) electrons. The molecule has 2 aromatic carbocycles. The maximum atomic E-state index is 12.1. The lowest BCUT2D eigenvalue weighted by Crippen LogP contribution is -2.32. The molecule has 2 rings (SSSR count). The third-order valence-corrected chi connectivity index (χ3v) is 3.31. The lowest BCUT2D eigenvalue weighted by atomic mass is 10.2. The molecule has 1 unspecified atom stereocenters. The molecule has 4 nitrogen and oxygen atoms in total. The van der Waals surface area contributed by atoms with Crippen molar-refractivity contribution in [3.05, 3.63) is 60.2 Å². The standard InChI is InChI=1S/C18H21F2NO3/c1-21(11-14-7-9-17(10-8-14)24-18(19)20)12-15(22)13-23-16-5-3-2-4-6-16/h2-10,15,18,22H,11-13H2,1H3. The number of benzene rings is 2. The van der Waals surface area contributed by atoms with E-state index in [9.17, 15) is 13.9 Å². The Labute approximate surface area is 140 Å². The minimum Gasteiger partial charge on any atom is -0.491 e. The number of rotatable bonds is 9. The van der Waals surface area contributed by atoms with E-state index < -0.39 is 12.7 Å². The molecule has 0 aliphatic rings. The zero-order valence-corrected chi connectivity index (χ0v) is 13.4. The average molecular weight is 337 g/mol. The number of nitrogens with zero attached hydrogens (tertiary/aromatic N) is 1. The van der Waals surface area contributed by atoms with Gasteiger partial charge < -0.3 is 14.6 Å². The maximum absolute atomic E-state index is 12.1. The topological polar surface area (TPSA) is 41.9 Å². The van der Waals surface area contributed by atoms with Crippen LogP contribution in [0.3, 0.4) is 0 Å². The Balaban J connectivity index is 1.74. The van der Waals surface area contributed by atoms with E-state index in [1.807, 2.05) is 42.3 Å². The molecule has 0 spiro atoms. The molecular formula is C18H21F2NO3. The summed E-state index contributed by atoms with van der Waals surface area (Å²) in [6.45, 7) is -1.60. The highest BCUT2D eigenvalue weighted by Crippen LogP contribution is 2.16. The van der Waals surface area contributed by atoms with Gasteiger partial charge in [0, 0.05) is 13.1 Å². The fraction of sp³-hybridized carbons (Fsp3) is 0.333. The molecule has 24 heavy (non-hydrogen) atoms. The quantitative estimate of drug-likeness (QED) is 0.763. The van der Waals surface area contributed by atoms with Gasteiger partial charge in [0.1, 0.15) is 24.2 Å². The summed E-state index contributed by atoms with van der Waals surface area (Å²) in [5.74, 6) is 0.849. The molecule has 0 aliphatic carbocycles. The summed E-state index contributed by atoms with van der Waals surface area (Å²) < 4.78 is 34.0. The first-order valence-electron chi connectivity index (χ1n) is 7.61. The molecule has 0 saturated carbocycles. The van der Waals surface area contributed by atoms with E-state index in [0.29, 0.717) is 18.8 Å². The van der Waals surface area contributed by atoms with Crippen molar-refractivity contribution in [2.75, 3.05) is 20.2 Å². The van der Waals surface area contributed by atoms with E-state index in [1.165, 1.54) is 12.1 Å². The number of alkyl halides is 2. The minimum absolute atomic E-state index is 0.132. The molecule has 2 aromatic rings. The zero-order valence-electron chi connectivity index (χ0n) is 13.4. The molecule has 130 valence electrons. The predicted molar refractivity (Wildman–Crippen MR) is 87.4 cm³/mol. The van der Waals surface area contributed by atoms with E-state index in [4.69, 9.17) is 4.74 Å². The molecule has 1 atom stereocenters. The Morgan fingerprint density at radius 3 is 2.29 bits per heavy atom. The van der Waals surface area contributed by atoms with E-state index in [0.717, 1.165) is 5.56 Å². The normalized spacial score (nSPS) is 12.4. The van der Waals surface area contributed by atoms with Gasteiger partial charge in [-0.05, 0) is 36.9 Å². The van der Waals surface area contributed by atoms with Gasteiger partial charge in [-0.1, -0.05) is 30.3 Å². The number of hydrogen-bond donors (Lipinski definition) is 1. The molecular weight excluding hydrogens is 316 g/mol. The van der Waals surface area contributed by atoms with Gasteiger partial charge in [-0.15, -0.1) is 0 Å². The van der Waals surface area contributed by atoms with Crippen molar-refractivity contribution in [3.63, 3.8) is 0 Å². The fourth-order valence-electron chi connectivity index (χ4n) is 2.27. The number of ether oxygens (including phenoxy) is 2. The van der Waals surface area contributed by atoms with Crippen molar-refractivity contribution < 1.29 is 23.4 Å². The molecule has 0 amide bonds. The van der Waals surface area contributed by atoms with Crippen LogP contribution in [0, 0.1) is 0 Å². The van der Waals surface area contributed by atoms with Crippen LogP contribution in [-0.4, -0.2) is 42.9 Å². The predicted octanol–water partition coefficient (Wildman–Crippen LogP) is 3.16. The van der Waals surface area contributed by atoms with Crippen LogP contribution >= 0.6 is 0 Å². The Hall–Kier alpha value is -2.18. The highest BCUT2D eigenvalue weighted by molar-refractivity contribution is 5.27. The van der Waals surface area contributed by atoms with Gasteiger partial charge in [-0.25, -0.2) is 0 Å². The molecule has 0 fully saturated rings. The number of aliphatic hydroxyl groups excluding tert-OH is 1. The van der Waals surface area contributed by atoms with E-state index in [-0.39, 0.29) is 12.4 Å². The van der Waals surface area contributed by atoms with Crippen molar-refractivity contribution in [2.24, 2.45) is 0 Å². The first-order valence-corrected chi connectivity index (χ1v) is 7.61. The van der Waals surface area contributed by atoms with Crippen molar-refractivity contribution in [1.82, 2.24) is 4.90 Å². The summed E-state index contributed by atoms with van der Waals surface area (Å²) in [6, 6.07) is 15.8. The van der Waals surface area contributed by atoms with Gasteiger partial charge in [0.25, 0.3) is 0 Å². The van der Waals surface area contributed by atoms with Gasteiger partial charge in [-0.3, -0.25) is 4.90 Å². The molecule has 0 aromatic heterocycles. The Morgan fingerprint density at radius 1 is 1.00 bits per heavy atom. The Bertz CT molecular complexity index is 593.